The van der Waals surface area contributed by atoms with Gasteiger partial charge < -0.3 is 0 Å². The van der Waals surface area contributed by atoms with Gasteiger partial charge in [0.05, 0.1) is 0 Å². The van der Waals surface area contributed by atoms with Gasteiger partial charge in [0.1, 0.15) is 0 Å². The van der Waals surface area contributed by atoms with E-state index < -0.39 is 15.6 Å². The summed E-state index contributed by atoms with van der Waals surface area (Å²) in [6.45, 7) is 29.2. The zero-order valence-corrected chi connectivity index (χ0v) is 20.0. The van der Waals surface area contributed by atoms with Crippen LogP contribution in [-0.2, 0) is 15.6 Å². The Labute approximate surface area is 139 Å². The number of rotatable bonds is 3. The third kappa shape index (κ3) is 11.7. The normalized spacial score (nSPS) is 15.2. The molecule has 0 rings (SSSR count). The molecule has 21 heavy (non-hydrogen) atoms. The summed E-state index contributed by atoms with van der Waals surface area (Å²) in [5.74, 6) is 0. The van der Waals surface area contributed by atoms with Gasteiger partial charge in [0, 0.05) is 0 Å². The van der Waals surface area contributed by atoms with Crippen LogP contribution >= 0.6 is 0 Å². The Morgan fingerprint density at radius 2 is 0.762 bits per heavy atom. The Balaban J connectivity index is 6.02. The number of hydrogen-bond acceptors (Lipinski definition) is 0. The fraction of sp³-hybridized carbons (Fsp3) is 0.950. The predicted molar refractivity (Wildman–Crippen MR) is 98.3 cm³/mol. The van der Waals surface area contributed by atoms with E-state index in [4.69, 9.17) is 0 Å². The predicted octanol–water partition coefficient (Wildman–Crippen LogP) is 7.38. The summed E-state index contributed by atoms with van der Waals surface area (Å²) < 4.78 is 2.89. The Kier molecular flexibility index (Phi) is 6.76. The molecule has 0 bridgehead atoms. The van der Waals surface area contributed by atoms with E-state index >= 15 is 0 Å². The van der Waals surface area contributed by atoms with Gasteiger partial charge in [-0.3, -0.25) is 0 Å². The van der Waals surface area contributed by atoms with Crippen LogP contribution in [0.3, 0.4) is 0 Å². The molecule has 0 saturated carbocycles. The van der Waals surface area contributed by atoms with Crippen molar-refractivity contribution in [2.45, 2.75) is 97.5 Å². The summed E-state index contributed by atoms with van der Waals surface area (Å²) >= 11 is -2.35. The molecule has 0 amide bonds. The topological polar surface area (TPSA) is 0 Å². The number of hydrogen-bond donors (Lipinski definition) is 0. The van der Waals surface area contributed by atoms with E-state index in [1.54, 1.807) is 0 Å². The van der Waals surface area contributed by atoms with E-state index in [-0.39, 0.29) is 0 Å². The average molecular weight is 467 g/mol. The van der Waals surface area contributed by atoms with Crippen molar-refractivity contribution in [1.29, 1.82) is 0 Å². The van der Waals surface area contributed by atoms with Crippen LogP contribution in [0.15, 0.2) is 0 Å². The van der Waals surface area contributed by atoms with Gasteiger partial charge in [0.25, 0.3) is 0 Å². The summed E-state index contributed by atoms with van der Waals surface area (Å²) in [7, 11) is 0. The van der Waals surface area contributed by atoms with Crippen LogP contribution in [0.2, 0.25) is 14.4 Å². The average Bonchev–Trinajstić information content (AvgIpc) is 1.83. The second-order valence-electron chi connectivity index (χ2n) is 11.7. The second kappa shape index (κ2) is 6.58. The summed E-state index contributed by atoms with van der Waals surface area (Å²) in [5, 5.41) is 0. The molecular formula is C20H43W. The van der Waals surface area contributed by atoms with Crippen molar-refractivity contribution in [1.82, 2.24) is 0 Å². The Morgan fingerprint density at radius 1 is 0.524 bits per heavy atom. The van der Waals surface area contributed by atoms with Crippen molar-refractivity contribution in [2.24, 2.45) is 21.7 Å². The fourth-order valence-electron chi connectivity index (χ4n) is 3.62. The first-order valence-electron chi connectivity index (χ1n) is 8.45. The van der Waals surface area contributed by atoms with Crippen molar-refractivity contribution < 1.29 is 15.6 Å². The van der Waals surface area contributed by atoms with Gasteiger partial charge in [-0.25, -0.2) is 0 Å². The van der Waals surface area contributed by atoms with Crippen LogP contribution in [0.4, 0.5) is 0 Å². The molecule has 0 N–H and O–H groups in total. The van der Waals surface area contributed by atoms with Gasteiger partial charge in [-0.1, -0.05) is 0 Å². The van der Waals surface area contributed by atoms with E-state index in [0.29, 0.717) is 21.7 Å². The summed E-state index contributed by atoms with van der Waals surface area (Å²) in [4.78, 5) is 4.43. The van der Waals surface area contributed by atoms with E-state index in [1.165, 1.54) is 14.4 Å². The van der Waals surface area contributed by atoms with Crippen molar-refractivity contribution in [3.8, 4) is 0 Å². The summed E-state index contributed by atoms with van der Waals surface area (Å²) in [6.07, 6.45) is 0. The molecule has 0 nitrogen and oxygen atoms in total. The molecule has 0 aromatic rings. The quantitative estimate of drug-likeness (QED) is 0.406. The van der Waals surface area contributed by atoms with Crippen molar-refractivity contribution in [3.05, 3.63) is 0 Å². The van der Waals surface area contributed by atoms with E-state index in [2.05, 4.69) is 87.5 Å². The first kappa shape index (κ1) is 21.6. The maximum atomic E-state index is 2.89. The molecule has 0 heterocycles. The minimum atomic E-state index is -2.35. The van der Waals surface area contributed by atoms with Gasteiger partial charge in [-0.15, -0.1) is 0 Å². The van der Waals surface area contributed by atoms with Gasteiger partial charge in [0.15, 0.2) is 0 Å². The van der Waals surface area contributed by atoms with Crippen LogP contribution < -0.4 is 0 Å². The van der Waals surface area contributed by atoms with E-state index in [0.717, 1.165) is 0 Å². The summed E-state index contributed by atoms with van der Waals surface area (Å²) in [6, 6.07) is 0. The molecule has 0 aliphatic carbocycles. The molecule has 0 atom stereocenters. The standard InChI is InChI=1S/3C5H11.C5H10.W/c4*1-5(2,3)4;/h3*1H2,2-4H3;1H,2-4H3;. The molecular weight excluding hydrogens is 424 g/mol. The van der Waals surface area contributed by atoms with Crippen LogP contribution in [-0.4, -0.2) is 4.40 Å². The summed E-state index contributed by atoms with van der Waals surface area (Å²) in [5.41, 5.74) is 1.71. The zero-order valence-electron chi connectivity index (χ0n) is 17.1. The molecule has 1 heteroatoms. The minimum absolute atomic E-state index is 0.358. The van der Waals surface area contributed by atoms with E-state index in [1.807, 2.05) is 0 Å². The van der Waals surface area contributed by atoms with Gasteiger partial charge >= 0.3 is 139 Å². The molecule has 0 aromatic carbocycles. The third-order valence-electron chi connectivity index (χ3n) is 2.76. The first-order valence-corrected chi connectivity index (χ1v) is 16.4. The molecule has 0 aromatic heterocycles. The molecule has 0 fully saturated rings. The fourth-order valence-corrected chi connectivity index (χ4v) is 29.6. The zero-order chi connectivity index (χ0) is 17.3. The maximum absolute atomic E-state index is 2.89. The molecule has 0 spiro atoms. The third-order valence-corrected chi connectivity index (χ3v) is 22.6. The van der Waals surface area contributed by atoms with Crippen LogP contribution in [0.25, 0.3) is 0 Å². The molecule has 0 saturated heterocycles. The van der Waals surface area contributed by atoms with Crippen molar-refractivity contribution in [3.63, 3.8) is 0 Å². The van der Waals surface area contributed by atoms with E-state index in [9.17, 15) is 0 Å². The van der Waals surface area contributed by atoms with Gasteiger partial charge in [0.2, 0.25) is 0 Å². The van der Waals surface area contributed by atoms with Crippen LogP contribution in [0, 0.1) is 21.7 Å². The van der Waals surface area contributed by atoms with Crippen molar-refractivity contribution >= 4 is 4.40 Å². The van der Waals surface area contributed by atoms with Crippen LogP contribution in [0.1, 0.15) is 83.1 Å². The Morgan fingerprint density at radius 3 is 0.905 bits per heavy atom. The van der Waals surface area contributed by atoms with Crippen molar-refractivity contribution in [2.75, 3.05) is 0 Å². The van der Waals surface area contributed by atoms with Crippen LogP contribution in [0.5, 0.6) is 0 Å². The Hall–Kier alpha value is 0.558. The second-order valence-corrected chi connectivity index (χ2v) is 23.7. The van der Waals surface area contributed by atoms with Gasteiger partial charge in [-0.2, -0.15) is 0 Å². The molecule has 0 aliphatic rings. The monoisotopic (exact) mass is 467 g/mol. The van der Waals surface area contributed by atoms with Gasteiger partial charge in [-0.05, 0) is 0 Å². The molecule has 129 valence electrons. The first-order chi connectivity index (χ1) is 8.83. The molecule has 0 unspecified atom stereocenters. The molecule has 0 radical (unpaired) electrons. The molecule has 0 aliphatic heterocycles. The Bertz CT molecular complexity index is 324. The SMILES string of the molecule is CC(C)(C)[CH]=[W]([CH2]C(C)(C)C)([CH2]C(C)(C)C)[CH2]C(C)(C)C.